The van der Waals surface area contributed by atoms with Gasteiger partial charge in [0.15, 0.2) is 0 Å². The predicted molar refractivity (Wildman–Crippen MR) is 222 cm³/mol. The molecule has 0 radical (unpaired) electrons. The number of nitrogens with zero attached hydrogens (tertiary/aromatic N) is 5. The van der Waals surface area contributed by atoms with E-state index in [4.69, 9.17) is 15.0 Å². The van der Waals surface area contributed by atoms with Gasteiger partial charge in [-0.05, 0) is 65.7 Å². The molecule has 54 heavy (non-hydrogen) atoms. The minimum Gasteiger partial charge on any atom is -0.294 e. The van der Waals surface area contributed by atoms with Gasteiger partial charge in [0.25, 0.3) is 0 Å². The predicted octanol–water partition coefficient (Wildman–Crippen LogP) is 12.2. The van der Waals surface area contributed by atoms with Crippen molar-refractivity contribution in [2.75, 3.05) is 0 Å². The van der Waals surface area contributed by atoms with E-state index in [9.17, 15) is 0 Å². The van der Waals surface area contributed by atoms with E-state index in [1.54, 1.807) is 0 Å². The number of para-hydroxylation sites is 3. The van der Waals surface area contributed by atoms with Crippen LogP contribution in [0.5, 0.6) is 0 Å². The summed E-state index contributed by atoms with van der Waals surface area (Å²) in [6.07, 6.45) is 0. The average Bonchev–Trinajstić information content (AvgIpc) is 3.76. The van der Waals surface area contributed by atoms with Gasteiger partial charge >= 0.3 is 0 Å². The van der Waals surface area contributed by atoms with Crippen LogP contribution in [0.3, 0.4) is 0 Å². The quantitative estimate of drug-likeness (QED) is 0.181. The van der Waals surface area contributed by atoms with Gasteiger partial charge < -0.3 is 0 Å². The number of pyridine rings is 1. The first kappa shape index (κ1) is 30.3. The Morgan fingerprint density at radius 3 is 1.54 bits per heavy atom. The van der Waals surface area contributed by atoms with Gasteiger partial charge in [0, 0.05) is 38.1 Å². The summed E-state index contributed by atoms with van der Waals surface area (Å²) in [4.78, 5) is 15.5. The Hall–Kier alpha value is -7.37. The Labute approximate surface area is 311 Å². The average molecular weight is 690 g/mol. The fourth-order valence-electron chi connectivity index (χ4n) is 8.07. The van der Waals surface area contributed by atoms with Crippen LogP contribution in [0.15, 0.2) is 188 Å². The molecule has 11 aromatic rings. The Morgan fingerprint density at radius 1 is 0.315 bits per heavy atom. The minimum absolute atomic E-state index is 0.658. The SMILES string of the molecule is c1ccc(-c2cccc(-n3c4ccccc4c4cc(-c5ccc6c(c5)c5ccccc5n6-c5nc(-c6ccccc6)c6ccccc6n5)ccc43)n2)cc1. The molecule has 5 nitrogen and oxygen atoms in total. The zero-order chi connectivity index (χ0) is 35.6. The summed E-state index contributed by atoms with van der Waals surface area (Å²) in [6.45, 7) is 0. The number of benzene rings is 7. The fraction of sp³-hybridized carbons (Fsp3) is 0. The summed E-state index contributed by atoms with van der Waals surface area (Å²) >= 11 is 0. The van der Waals surface area contributed by atoms with Gasteiger partial charge in [0.1, 0.15) is 5.82 Å². The van der Waals surface area contributed by atoms with Crippen LogP contribution in [0.2, 0.25) is 0 Å². The van der Waals surface area contributed by atoms with E-state index in [2.05, 4.69) is 179 Å². The van der Waals surface area contributed by atoms with Crippen molar-refractivity contribution < 1.29 is 0 Å². The summed E-state index contributed by atoms with van der Waals surface area (Å²) in [5.74, 6) is 1.56. The van der Waals surface area contributed by atoms with Crippen LogP contribution in [0.1, 0.15) is 0 Å². The van der Waals surface area contributed by atoms with Crippen molar-refractivity contribution in [3.8, 4) is 45.4 Å². The maximum atomic E-state index is 5.25. The topological polar surface area (TPSA) is 48.5 Å². The molecule has 0 fully saturated rings. The van der Waals surface area contributed by atoms with Gasteiger partial charge in [-0.25, -0.2) is 15.0 Å². The van der Waals surface area contributed by atoms with Crippen molar-refractivity contribution in [3.05, 3.63) is 188 Å². The second-order valence-corrected chi connectivity index (χ2v) is 13.7. The lowest BCUT2D eigenvalue weighted by Crippen LogP contribution is -2.03. The molecule has 0 spiro atoms. The van der Waals surface area contributed by atoms with Gasteiger partial charge in [0.2, 0.25) is 5.95 Å². The molecule has 0 amide bonds. The normalized spacial score (nSPS) is 11.7. The molecule has 11 rings (SSSR count). The summed E-state index contributed by atoms with van der Waals surface area (Å²) in [6, 6.07) is 66.0. The number of fused-ring (bicyclic) bond motifs is 7. The molecule has 0 aliphatic heterocycles. The summed E-state index contributed by atoms with van der Waals surface area (Å²) < 4.78 is 4.49. The van der Waals surface area contributed by atoms with Crippen LogP contribution in [0.4, 0.5) is 0 Å². The van der Waals surface area contributed by atoms with Crippen LogP contribution in [0.25, 0.3) is 99.9 Å². The van der Waals surface area contributed by atoms with Gasteiger partial charge in [0.05, 0.1) is 39.0 Å². The second kappa shape index (κ2) is 12.1. The van der Waals surface area contributed by atoms with Crippen LogP contribution >= 0.6 is 0 Å². The lowest BCUT2D eigenvalue weighted by atomic mass is 10.0. The number of aromatic nitrogens is 5. The maximum absolute atomic E-state index is 5.25. The summed E-state index contributed by atoms with van der Waals surface area (Å²) in [5, 5.41) is 5.74. The fourth-order valence-corrected chi connectivity index (χ4v) is 8.07. The molecule has 0 unspecified atom stereocenters. The van der Waals surface area contributed by atoms with Crippen molar-refractivity contribution >= 4 is 54.5 Å². The molecule has 7 aromatic carbocycles. The van der Waals surface area contributed by atoms with Crippen molar-refractivity contribution in [3.63, 3.8) is 0 Å². The van der Waals surface area contributed by atoms with E-state index in [1.807, 2.05) is 18.2 Å². The first-order valence-electron chi connectivity index (χ1n) is 18.2. The molecule has 0 saturated heterocycles. The smallest absolute Gasteiger partial charge is 0.235 e. The third kappa shape index (κ3) is 4.76. The minimum atomic E-state index is 0.658. The number of hydrogen-bond donors (Lipinski definition) is 0. The maximum Gasteiger partial charge on any atom is 0.235 e. The molecule has 4 aromatic heterocycles. The molecule has 4 heterocycles. The molecular formula is C49H31N5. The van der Waals surface area contributed by atoms with Gasteiger partial charge in [-0.2, -0.15) is 0 Å². The van der Waals surface area contributed by atoms with E-state index in [-0.39, 0.29) is 0 Å². The zero-order valence-corrected chi connectivity index (χ0v) is 29.1. The number of rotatable bonds is 5. The molecule has 0 aliphatic rings. The largest absolute Gasteiger partial charge is 0.294 e. The highest BCUT2D eigenvalue weighted by Gasteiger charge is 2.19. The van der Waals surface area contributed by atoms with E-state index in [0.717, 1.165) is 83.2 Å². The van der Waals surface area contributed by atoms with Gasteiger partial charge in [-0.15, -0.1) is 0 Å². The Kier molecular flexibility index (Phi) is 6.79. The monoisotopic (exact) mass is 689 g/mol. The third-order valence-electron chi connectivity index (χ3n) is 10.6. The molecule has 0 N–H and O–H groups in total. The van der Waals surface area contributed by atoms with Gasteiger partial charge in [-0.1, -0.05) is 133 Å². The third-order valence-corrected chi connectivity index (χ3v) is 10.6. The lowest BCUT2D eigenvalue weighted by molar-refractivity contribution is 1.01. The highest BCUT2D eigenvalue weighted by atomic mass is 15.2. The molecular weight excluding hydrogens is 659 g/mol. The second-order valence-electron chi connectivity index (χ2n) is 13.7. The first-order chi connectivity index (χ1) is 26.8. The van der Waals surface area contributed by atoms with E-state index >= 15 is 0 Å². The first-order valence-corrected chi connectivity index (χ1v) is 18.2. The number of hydrogen-bond acceptors (Lipinski definition) is 3. The van der Waals surface area contributed by atoms with Crippen LogP contribution in [-0.4, -0.2) is 24.1 Å². The lowest BCUT2D eigenvalue weighted by Gasteiger charge is -2.12. The molecule has 252 valence electrons. The zero-order valence-electron chi connectivity index (χ0n) is 29.1. The van der Waals surface area contributed by atoms with Crippen LogP contribution in [0, 0.1) is 0 Å². The Balaban J connectivity index is 1.08. The summed E-state index contributed by atoms with van der Waals surface area (Å²) in [5.41, 5.74) is 11.7. The standard InChI is InChI=1S/C49H31N5/c1-3-14-32(15-4-1)41-22-13-25-47(50-41)53-43-23-11-8-18-36(43)39-30-34(26-28-45(39)53)35-27-29-46-40(31-35)37-19-9-12-24-44(37)54(46)49-51-42-21-10-7-20-38(42)48(52-49)33-16-5-2-6-17-33/h1-31H. The molecule has 5 heteroatoms. The van der Waals surface area contributed by atoms with Crippen molar-refractivity contribution in [1.82, 2.24) is 24.1 Å². The highest BCUT2D eigenvalue weighted by molar-refractivity contribution is 6.12. The van der Waals surface area contributed by atoms with Crippen LogP contribution in [-0.2, 0) is 0 Å². The van der Waals surface area contributed by atoms with Crippen molar-refractivity contribution in [1.29, 1.82) is 0 Å². The molecule has 0 aliphatic carbocycles. The summed E-state index contributed by atoms with van der Waals surface area (Å²) in [7, 11) is 0. The Bertz CT molecular complexity index is 3210. The molecule has 0 atom stereocenters. The van der Waals surface area contributed by atoms with Crippen molar-refractivity contribution in [2.24, 2.45) is 0 Å². The Morgan fingerprint density at radius 2 is 0.852 bits per heavy atom. The van der Waals surface area contributed by atoms with E-state index < -0.39 is 0 Å². The highest BCUT2D eigenvalue weighted by Crippen LogP contribution is 2.38. The molecule has 0 bridgehead atoms. The van der Waals surface area contributed by atoms with Crippen molar-refractivity contribution in [2.45, 2.75) is 0 Å². The van der Waals surface area contributed by atoms with E-state index in [1.165, 1.54) is 10.8 Å². The van der Waals surface area contributed by atoms with Gasteiger partial charge in [-0.3, -0.25) is 9.13 Å². The van der Waals surface area contributed by atoms with Crippen LogP contribution < -0.4 is 0 Å². The molecule has 0 saturated carbocycles. The van der Waals surface area contributed by atoms with E-state index in [0.29, 0.717) is 5.95 Å².